The number of hydrogen-bond acceptors (Lipinski definition) is 2. The van der Waals surface area contributed by atoms with E-state index in [1.807, 2.05) is 6.92 Å². The van der Waals surface area contributed by atoms with E-state index in [-0.39, 0.29) is 11.6 Å². The van der Waals surface area contributed by atoms with Gasteiger partial charge in [-0.1, -0.05) is 6.92 Å². The molecule has 0 rings (SSSR count). The van der Waals surface area contributed by atoms with Crippen molar-refractivity contribution in [2.75, 3.05) is 7.05 Å². The SMILES string of the molecule is CCC(C)(C)N(C)C(C)CC(C)O. The van der Waals surface area contributed by atoms with Crippen molar-refractivity contribution >= 4 is 0 Å². The first-order valence-electron chi connectivity index (χ1n) is 5.22. The molecular formula is C11H25NO. The van der Waals surface area contributed by atoms with Crippen LogP contribution in [0.1, 0.15) is 47.5 Å². The lowest BCUT2D eigenvalue weighted by molar-refractivity contribution is 0.0687. The molecule has 0 aromatic carbocycles. The van der Waals surface area contributed by atoms with Gasteiger partial charge < -0.3 is 5.11 Å². The Labute approximate surface area is 82.9 Å². The maximum absolute atomic E-state index is 9.28. The van der Waals surface area contributed by atoms with Gasteiger partial charge in [-0.2, -0.15) is 0 Å². The number of nitrogens with zero attached hydrogens (tertiary/aromatic N) is 1. The molecule has 0 spiro atoms. The van der Waals surface area contributed by atoms with E-state index in [1.165, 1.54) is 0 Å². The molecule has 0 bridgehead atoms. The van der Waals surface area contributed by atoms with Crippen LogP contribution in [0.15, 0.2) is 0 Å². The van der Waals surface area contributed by atoms with Crippen LogP contribution >= 0.6 is 0 Å². The van der Waals surface area contributed by atoms with E-state index in [0.29, 0.717) is 6.04 Å². The minimum atomic E-state index is -0.204. The van der Waals surface area contributed by atoms with Gasteiger partial charge in [0.1, 0.15) is 0 Å². The smallest absolute Gasteiger partial charge is 0.0526 e. The van der Waals surface area contributed by atoms with E-state index in [9.17, 15) is 5.11 Å². The minimum absolute atomic E-state index is 0.204. The molecule has 80 valence electrons. The maximum Gasteiger partial charge on any atom is 0.0526 e. The molecule has 2 atom stereocenters. The molecule has 1 N–H and O–H groups in total. The van der Waals surface area contributed by atoms with Crippen molar-refractivity contribution in [1.29, 1.82) is 0 Å². The molecule has 0 fully saturated rings. The molecule has 0 aromatic rings. The van der Waals surface area contributed by atoms with Crippen LogP contribution in [-0.4, -0.2) is 34.7 Å². The Morgan fingerprint density at radius 3 is 2.08 bits per heavy atom. The number of aliphatic hydroxyl groups is 1. The lowest BCUT2D eigenvalue weighted by Crippen LogP contribution is -2.46. The van der Waals surface area contributed by atoms with Crippen LogP contribution in [0.5, 0.6) is 0 Å². The summed E-state index contributed by atoms with van der Waals surface area (Å²) in [5.74, 6) is 0. The zero-order chi connectivity index (χ0) is 10.6. The van der Waals surface area contributed by atoms with Crippen molar-refractivity contribution in [2.45, 2.75) is 65.1 Å². The first-order chi connectivity index (χ1) is 5.81. The fraction of sp³-hybridized carbons (Fsp3) is 1.00. The first-order valence-corrected chi connectivity index (χ1v) is 5.22. The molecular weight excluding hydrogens is 162 g/mol. The average molecular weight is 187 g/mol. The Morgan fingerprint density at radius 1 is 1.31 bits per heavy atom. The molecule has 0 saturated heterocycles. The summed E-state index contributed by atoms with van der Waals surface area (Å²) in [6.45, 7) is 10.7. The third kappa shape index (κ3) is 4.10. The molecule has 0 saturated carbocycles. The highest BCUT2D eigenvalue weighted by Crippen LogP contribution is 2.20. The van der Waals surface area contributed by atoms with E-state index in [4.69, 9.17) is 0 Å². The summed E-state index contributed by atoms with van der Waals surface area (Å²) < 4.78 is 0. The Bertz CT molecular complexity index is 143. The third-order valence-electron chi connectivity index (χ3n) is 3.16. The quantitative estimate of drug-likeness (QED) is 0.713. The molecule has 0 radical (unpaired) electrons. The van der Waals surface area contributed by atoms with Gasteiger partial charge in [-0.05, 0) is 47.6 Å². The highest BCUT2D eigenvalue weighted by molar-refractivity contribution is 4.81. The Kier molecular flexibility index (Phi) is 4.93. The second-order valence-corrected chi connectivity index (χ2v) is 4.71. The van der Waals surface area contributed by atoms with Crippen molar-refractivity contribution in [2.24, 2.45) is 0 Å². The number of hydrogen-bond donors (Lipinski definition) is 1. The van der Waals surface area contributed by atoms with E-state index in [2.05, 4.69) is 39.6 Å². The van der Waals surface area contributed by atoms with Crippen LogP contribution in [0.2, 0.25) is 0 Å². The standard InChI is InChI=1S/C11H25NO/c1-7-11(4,5)12(6)9(2)8-10(3)13/h9-10,13H,7-8H2,1-6H3. The summed E-state index contributed by atoms with van der Waals surface area (Å²) in [4.78, 5) is 2.35. The molecule has 2 unspecified atom stereocenters. The second-order valence-electron chi connectivity index (χ2n) is 4.71. The monoisotopic (exact) mass is 187 g/mol. The normalized spacial score (nSPS) is 17.5. The van der Waals surface area contributed by atoms with Gasteiger partial charge in [-0.15, -0.1) is 0 Å². The van der Waals surface area contributed by atoms with Gasteiger partial charge in [0.15, 0.2) is 0 Å². The zero-order valence-electron chi connectivity index (χ0n) is 9.96. The van der Waals surface area contributed by atoms with E-state index in [0.717, 1.165) is 12.8 Å². The van der Waals surface area contributed by atoms with E-state index in [1.54, 1.807) is 0 Å². The van der Waals surface area contributed by atoms with Crippen LogP contribution in [0, 0.1) is 0 Å². The lowest BCUT2D eigenvalue weighted by atomic mass is 9.96. The van der Waals surface area contributed by atoms with Gasteiger partial charge in [0, 0.05) is 11.6 Å². The van der Waals surface area contributed by atoms with Gasteiger partial charge >= 0.3 is 0 Å². The van der Waals surface area contributed by atoms with Crippen molar-refractivity contribution in [1.82, 2.24) is 4.90 Å². The van der Waals surface area contributed by atoms with Crippen molar-refractivity contribution in [3.05, 3.63) is 0 Å². The molecule has 13 heavy (non-hydrogen) atoms. The molecule has 0 aromatic heterocycles. The lowest BCUT2D eigenvalue weighted by Gasteiger charge is -2.39. The van der Waals surface area contributed by atoms with Crippen molar-refractivity contribution < 1.29 is 5.11 Å². The summed E-state index contributed by atoms with van der Waals surface area (Å²) in [5.41, 5.74) is 0.230. The second kappa shape index (κ2) is 4.97. The van der Waals surface area contributed by atoms with Crippen molar-refractivity contribution in [3.63, 3.8) is 0 Å². The Morgan fingerprint density at radius 2 is 1.77 bits per heavy atom. The first kappa shape index (κ1) is 12.9. The van der Waals surface area contributed by atoms with Gasteiger partial charge in [-0.3, -0.25) is 4.90 Å². The third-order valence-corrected chi connectivity index (χ3v) is 3.16. The highest BCUT2D eigenvalue weighted by atomic mass is 16.3. The largest absolute Gasteiger partial charge is 0.393 e. The molecule has 2 heteroatoms. The van der Waals surface area contributed by atoms with Gasteiger partial charge in [0.2, 0.25) is 0 Å². The fourth-order valence-corrected chi connectivity index (χ4v) is 1.50. The molecule has 2 nitrogen and oxygen atoms in total. The molecule has 0 aliphatic rings. The van der Waals surface area contributed by atoms with Crippen molar-refractivity contribution in [3.8, 4) is 0 Å². The zero-order valence-corrected chi connectivity index (χ0v) is 9.96. The summed E-state index contributed by atoms with van der Waals surface area (Å²) >= 11 is 0. The minimum Gasteiger partial charge on any atom is -0.393 e. The van der Waals surface area contributed by atoms with Crippen LogP contribution < -0.4 is 0 Å². The van der Waals surface area contributed by atoms with Crippen LogP contribution in [0.25, 0.3) is 0 Å². The summed E-state index contributed by atoms with van der Waals surface area (Å²) in [5, 5.41) is 9.28. The van der Waals surface area contributed by atoms with Crippen LogP contribution in [0.4, 0.5) is 0 Å². The highest BCUT2D eigenvalue weighted by Gasteiger charge is 2.25. The summed E-state index contributed by atoms with van der Waals surface area (Å²) in [6.07, 6.45) is 1.78. The molecule has 0 amide bonds. The van der Waals surface area contributed by atoms with Gasteiger partial charge in [0.25, 0.3) is 0 Å². The van der Waals surface area contributed by atoms with E-state index < -0.39 is 0 Å². The van der Waals surface area contributed by atoms with Crippen LogP contribution in [-0.2, 0) is 0 Å². The predicted molar refractivity (Wildman–Crippen MR) is 57.9 cm³/mol. The molecule has 0 heterocycles. The van der Waals surface area contributed by atoms with Crippen LogP contribution in [0.3, 0.4) is 0 Å². The predicted octanol–water partition coefficient (Wildman–Crippen LogP) is 2.27. The Hall–Kier alpha value is -0.0800. The fourth-order valence-electron chi connectivity index (χ4n) is 1.50. The van der Waals surface area contributed by atoms with Gasteiger partial charge in [0.05, 0.1) is 6.10 Å². The Balaban J connectivity index is 4.16. The maximum atomic E-state index is 9.28. The summed E-state index contributed by atoms with van der Waals surface area (Å²) in [6, 6.07) is 0.440. The van der Waals surface area contributed by atoms with Gasteiger partial charge in [-0.25, -0.2) is 0 Å². The number of aliphatic hydroxyl groups excluding tert-OH is 1. The topological polar surface area (TPSA) is 23.5 Å². The summed E-state index contributed by atoms with van der Waals surface area (Å²) in [7, 11) is 2.14. The molecule has 0 aliphatic carbocycles. The molecule has 0 aliphatic heterocycles. The van der Waals surface area contributed by atoms with E-state index >= 15 is 0 Å². The number of rotatable bonds is 5. The average Bonchev–Trinajstić information content (AvgIpc) is 2.01.